The first-order chi connectivity index (χ1) is 9.66. The molecule has 0 saturated carbocycles. The molecule has 2 unspecified atom stereocenters. The van der Waals surface area contributed by atoms with Gasteiger partial charge < -0.3 is 5.32 Å². The highest BCUT2D eigenvalue weighted by molar-refractivity contribution is 5.21. The summed E-state index contributed by atoms with van der Waals surface area (Å²) in [6.07, 6.45) is 4.85. The lowest BCUT2D eigenvalue weighted by Gasteiger charge is -2.25. The van der Waals surface area contributed by atoms with Crippen LogP contribution in [0, 0.1) is 5.92 Å². The highest BCUT2D eigenvalue weighted by atomic mass is 14.9. The summed E-state index contributed by atoms with van der Waals surface area (Å²) >= 11 is 0. The van der Waals surface area contributed by atoms with Gasteiger partial charge >= 0.3 is 0 Å². The van der Waals surface area contributed by atoms with Crippen molar-refractivity contribution in [1.29, 1.82) is 0 Å². The minimum absolute atomic E-state index is 0.321. The number of rotatable bonds is 6. The van der Waals surface area contributed by atoms with E-state index in [1.54, 1.807) is 0 Å². The smallest absolute Gasteiger partial charge is 0.0328 e. The molecule has 2 heteroatoms. The molecule has 20 heavy (non-hydrogen) atoms. The van der Waals surface area contributed by atoms with Crippen LogP contribution in [-0.4, -0.2) is 4.98 Å². The highest BCUT2D eigenvalue weighted by Gasteiger charge is 2.16. The number of nitrogens with one attached hydrogen (secondary N) is 1. The average molecular weight is 268 g/mol. The molecular formula is C18H24N2. The molecule has 0 aliphatic carbocycles. The van der Waals surface area contributed by atoms with E-state index in [0.717, 1.165) is 6.42 Å². The minimum atomic E-state index is 0.321. The zero-order valence-electron chi connectivity index (χ0n) is 12.6. The lowest BCUT2D eigenvalue weighted by molar-refractivity contribution is 0.394. The van der Waals surface area contributed by atoms with Crippen molar-refractivity contribution in [3.63, 3.8) is 0 Å². The van der Waals surface area contributed by atoms with Crippen molar-refractivity contribution in [3.8, 4) is 0 Å². The van der Waals surface area contributed by atoms with Gasteiger partial charge in [0.25, 0.3) is 0 Å². The summed E-state index contributed by atoms with van der Waals surface area (Å²) in [6, 6.07) is 15.6. The Morgan fingerprint density at radius 3 is 2.15 bits per heavy atom. The molecule has 2 nitrogen and oxygen atoms in total. The van der Waals surface area contributed by atoms with E-state index in [2.05, 4.69) is 73.5 Å². The van der Waals surface area contributed by atoms with Crippen LogP contribution in [0.4, 0.5) is 0 Å². The molecule has 1 aromatic heterocycles. The highest BCUT2D eigenvalue weighted by Crippen LogP contribution is 2.25. The van der Waals surface area contributed by atoms with Crippen LogP contribution in [0.1, 0.15) is 50.4 Å². The third kappa shape index (κ3) is 4.17. The van der Waals surface area contributed by atoms with E-state index >= 15 is 0 Å². The van der Waals surface area contributed by atoms with Crippen LogP contribution in [0.2, 0.25) is 0 Å². The fourth-order valence-electron chi connectivity index (χ4n) is 2.51. The largest absolute Gasteiger partial charge is 0.303 e. The monoisotopic (exact) mass is 268 g/mol. The molecule has 0 amide bonds. The van der Waals surface area contributed by atoms with Gasteiger partial charge in [-0.3, -0.25) is 4.98 Å². The van der Waals surface area contributed by atoms with Gasteiger partial charge in [-0.2, -0.15) is 0 Å². The SMILES string of the molecule is CC(C)CC(NC(C)c1ccncc1)c1ccccc1. The second kappa shape index (κ2) is 7.20. The van der Waals surface area contributed by atoms with Gasteiger partial charge in [0.2, 0.25) is 0 Å². The molecule has 2 aromatic rings. The van der Waals surface area contributed by atoms with Gasteiger partial charge in [-0.1, -0.05) is 44.2 Å². The van der Waals surface area contributed by atoms with E-state index in [9.17, 15) is 0 Å². The van der Waals surface area contributed by atoms with Crippen molar-refractivity contribution in [2.24, 2.45) is 5.92 Å². The summed E-state index contributed by atoms with van der Waals surface area (Å²) in [4.78, 5) is 4.09. The van der Waals surface area contributed by atoms with Crippen molar-refractivity contribution in [3.05, 3.63) is 66.0 Å². The maximum atomic E-state index is 4.09. The van der Waals surface area contributed by atoms with Crippen molar-refractivity contribution in [1.82, 2.24) is 10.3 Å². The molecule has 0 fully saturated rings. The predicted molar refractivity (Wildman–Crippen MR) is 84.4 cm³/mol. The zero-order chi connectivity index (χ0) is 14.4. The third-order valence-corrected chi connectivity index (χ3v) is 3.57. The summed E-state index contributed by atoms with van der Waals surface area (Å²) in [5, 5.41) is 3.75. The Morgan fingerprint density at radius 1 is 0.900 bits per heavy atom. The van der Waals surface area contributed by atoms with Gasteiger partial charge in [-0.05, 0) is 42.5 Å². The molecule has 2 atom stereocenters. The van der Waals surface area contributed by atoms with E-state index in [-0.39, 0.29) is 0 Å². The van der Waals surface area contributed by atoms with Crippen LogP contribution >= 0.6 is 0 Å². The van der Waals surface area contributed by atoms with Crippen molar-refractivity contribution < 1.29 is 0 Å². The van der Waals surface area contributed by atoms with Crippen LogP contribution < -0.4 is 5.32 Å². The van der Waals surface area contributed by atoms with Crippen LogP contribution in [0.5, 0.6) is 0 Å². The first kappa shape index (κ1) is 14.7. The number of aromatic nitrogens is 1. The molecule has 1 heterocycles. The standard InChI is InChI=1S/C18H24N2/c1-14(2)13-18(17-7-5-4-6-8-17)20-15(3)16-9-11-19-12-10-16/h4-12,14-15,18,20H,13H2,1-3H3. The van der Waals surface area contributed by atoms with E-state index in [1.807, 2.05) is 12.4 Å². The normalized spacial score (nSPS) is 14.2. The van der Waals surface area contributed by atoms with Crippen LogP contribution in [-0.2, 0) is 0 Å². The Bertz CT molecular complexity index is 493. The Hall–Kier alpha value is -1.67. The van der Waals surface area contributed by atoms with Gasteiger partial charge in [0, 0.05) is 24.5 Å². The molecule has 0 aliphatic rings. The van der Waals surface area contributed by atoms with Crippen molar-refractivity contribution in [2.45, 2.75) is 39.3 Å². The lowest BCUT2D eigenvalue weighted by atomic mass is 9.95. The number of hydrogen-bond donors (Lipinski definition) is 1. The van der Waals surface area contributed by atoms with E-state index in [4.69, 9.17) is 0 Å². The van der Waals surface area contributed by atoms with Gasteiger partial charge in [-0.25, -0.2) is 0 Å². The average Bonchev–Trinajstić information content (AvgIpc) is 2.48. The van der Waals surface area contributed by atoms with Crippen LogP contribution in [0.3, 0.4) is 0 Å². The van der Waals surface area contributed by atoms with Gasteiger partial charge in [0.15, 0.2) is 0 Å². The number of hydrogen-bond acceptors (Lipinski definition) is 2. The summed E-state index contributed by atoms with van der Waals surface area (Å²) in [5.74, 6) is 0.664. The van der Waals surface area contributed by atoms with E-state index in [0.29, 0.717) is 18.0 Å². The lowest BCUT2D eigenvalue weighted by Crippen LogP contribution is -2.26. The summed E-state index contributed by atoms with van der Waals surface area (Å²) in [6.45, 7) is 6.76. The second-order valence-electron chi connectivity index (χ2n) is 5.76. The number of nitrogens with zero attached hydrogens (tertiary/aromatic N) is 1. The topological polar surface area (TPSA) is 24.9 Å². The summed E-state index contributed by atoms with van der Waals surface area (Å²) < 4.78 is 0. The third-order valence-electron chi connectivity index (χ3n) is 3.57. The Balaban J connectivity index is 2.12. The molecule has 0 saturated heterocycles. The van der Waals surface area contributed by atoms with E-state index in [1.165, 1.54) is 11.1 Å². The zero-order valence-corrected chi connectivity index (χ0v) is 12.6. The summed E-state index contributed by atoms with van der Waals surface area (Å²) in [7, 11) is 0. The molecule has 106 valence electrons. The molecule has 1 N–H and O–H groups in total. The number of pyridine rings is 1. The second-order valence-corrected chi connectivity index (χ2v) is 5.76. The maximum Gasteiger partial charge on any atom is 0.0328 e. The Morgan fingerprint density at radius 2 is 1.55 bits per heavy atom. The quantitative estimate of drug-likeness (QED) is 0.833. The minimum Gasteiger partial charge on any atom is -0.303 e. The maximum absolute atomic E-state index is 4.09. The Labute approximate surface area is 122 Å². The van der Waals surface area contributed by atoms with Crippen molar-refractivity contribution >= 4 is 0 Å². The first-order valence-electron chi connectivity index (χ1n) is 7.37. The van der Waals surface area contributed by atoms with Crippen LogP contribution in [0.15, 0.2) is 54.9 Å². The molecule has 0 spiro atoms. The fraction of sp³-hybridized carbons (Fsp3) is 0.389. The predicted octanol–water partition coefficient (Wildman–Crippen LogP) is 4.52. The molecule has 0 aliphatic heterocycles. The molecule has 1 aromatic carbocycles. The molecule has 2 rings (SSSR count). The Kier molecular flexibility index (Phi) is 5.31. The van der Waals surface area contributed by atoms with E-state index < -0.39 is 0 Å². The van der Waals surface area contributed by atoms with Gasteiger partial charge in [0.1, 0.15) is 0 Å². The summed E-state index contributed by atoms with van der Waals surface area (Å²) in [5.41, 5.74) is 2.65. The van der Waals surface area contributed by atoms with Crippen LogP contribution in [0.25, 0.3) is 0 Å². The molecular weight excluding hydrogens is 244 g/mol. The molecule has 0 radical (unpaired) electrons. The fourth-order valence-corrected chi connectivity index (χ4v) is 2.51. The van der Waals surface area contributed by atoms with Crippen molar-refractivity contribution in [2.75, 3.05) is 0 Å². The first-order valence-corrected chi connectivity index (χ1v) is 7.37. The molecule has 0 bridgehead atoms. The van der Waals surface area contributed by atoms with Gasteiger partial charge in [-0.15, -0.1) is 0 Å². The number of benzene rings is 1. The van der Waals surface area contributed by atoms with Gasteiger partial charge in [0.05, 0.1) is 0 Å².